The van der Waals surface area contributed by atoms with Gasteiger partial charge in [0.1, 0.15) is 9.99 Å². The highest BCUT2D eigenvalue weighted by Crippen LogP contribution is 1.66. The van der Waals surface area contributed by atoms with Crippen LogP contribution in [0.3, 0.4) is 0 Å². The Kier molecular flexibility index (Phi) is 3.71. The van der Waals surface area contributed by atoms with E-state index in [9.17, 15) is 8.42 Å². The Morgan fingerprint density at radius 1 is 1.89 bits per heavy atom. The standard InChI is InChI=1S/C3H7NO3S2/c1-9(6,7)4-2-3-8-5/h3H,1-2H2,(H2,4,6,7). The Morgan fingerprint density at radius 3 is 2.78 bits per heavy atom. The molecule has 0 heterocycles. The molecule has 0 spiro atoms. The Bertz CT molecular complexity index is 213. The maximum Gasteiger partial charge on any atom is 0.138 e. The van der Waals surface area contributed by atoms with E-state index in [-0.39, 0.29) is 17.8 Å². The van der Waals surface area contributed by atoms with Gasteiger partial charge in [0.05, 0.1) is 11.3 Å². The van der Waals surface area contributed by atoms with Crippen molar-refractivity contribution in [2.45, 2.75) is 0 Å². The van der Waals surface area contributed by atoms with Crippen molar-refractivity contribution < 1.29 is 13.0 Å². The van der Waals surface area contributed by atoms with Crippen molar-refractivity contribution in [3.05, 3.63) is 0 Å². The minimum atomic E-state index is -3.13. The third kappa shape index (κ3) is 7.83. The summed E-state index contributed by atoms with van der Waals surface area (Å²) in [6.45, 7) is 0.0903. The third-order valence-corrected chi connectivity index (χ3v) is 1.38. The van der Waals surface area contributed by atoms with Gasteiger partial charge in [0.25, 0.3) is 0 Å². The van der Waals surface area contributed by atoms with E-state index in [0.717, 1.165) is 0 Å². The third-order valence-electron chi connectivity index (χ3n) is 0.460. The fourth-order valence-corrected chi connectivity index (χ4v) is 0.799. The molecular formula is C3H7NO3S2. The van der Waals surface area contributed by atoms with E-state index in [1.54, 1.807) is 0 Å². The van der Waals surface area contributed by atoms with E-state index in [1.165, 1.54) is 5.37 Å². The molecule has 54 valence electrons. The van der Waals surface area contributed by atoms with E-state index < -0.39 is 9.99 Å². The summed E-state index contributed by atoms with van der Waals surface area (Å²) in [5, 5.41) is 1.22. The van der Waals surface area contributed by atoms with E-state index in [0.29, 0.717) is 0 Å². The highest BCUT2D eigenvalue weighted by molar-refractivity contribution is 7.93. The van der Waals surface area contributed by atoms with Gasteiger partial charge in [0.15, 0.2) is 0 Å². The molecule has 0 fully saturated rings. The Morgan fingerprint density at radius 2 is 2.44 bits per heavy atom. The van der Waals surface area contributed by atoms with Crippen LogP contribution in [-0.4, -0.2) is 30.8 Å². The molecule has 0 bridgehead atoms. The van der Waals surface area contributed by atoms with Gasteiger partial charge in [-0.1, -0.05) is 0 Å². The number of hydrogen-bond donors (Lipinski definition) is 2. The number of nitrogens with one attached hydrogen (secondary N) is 1. The zero-order valence-corrected chi connectivity index (χ0v) is 6.20. The van der Waals surface area contributed by atoms with E-state index in [4.69, 9.17) is 4.55 Å². The summed E-state index contributed by atoms with van der Waals surface area (Å²) < 4.78 is 30.4. The van der Waals surface area contributed by atoms with Gasteiger partial charge < -0.3 is 4.55 Å². The van der Waals surface area contributed by atoms with Crippen LogP contribution >= 0.6 is 0 Å². The first kappa shape index (κ1) is 8.83. The first-order valence-electron chi connectivity index (χ1n) is 2.01. The summed E-state index contributed by atoms with van der Waals surface area (Å²) in [7, 11) is -3.13. The minimum Gasteiger partial charge on any atom is -0.303 e. The van der Waals surface area contributed by atoms with Gasteiger partial charge >= 0.3 is 0 Å². The Hall–Kier alpha value is -0.170. The van der Waals surface area contributed by atoms with Crippen LogP contribution in [-0.2, 0) is 21.2 Å². The van der Waals surface area contributed by atoms with Crippen LogP contribution in [0.15, 0.2) is 0 Å². The normalized spacial score (nSPS) is 16.1. The van der Waals surface area contributed by atoms with Crippen LogP contribution in [0.1, 0.15) is 0 Å². The topological polar surface area (TPSA) is 66.4 Å². The molecule has 0 aliphatic carbocycles. The largest absolute Gasteiger partial charge is 0.303 e. The quantitative estimate of drug-likeness (QED) is 0.516. The molecule has 0 aromatic carbocycles. The molecule has 0 aliphatic rings. The first-order valence-corrected chi connectivity index (χ1v) is 4.50. The van der Waals surface area contributed by atoms with Crippen molar-refractivity contribution in [1.29, 1.82) is 0 Å². The van der Waals surface area contributed by atoms with Crippen LogP contribution in [0.2, 0.25) is 0 Å². The zero-order valence-electron chi connectivity index (χ0n) is 4.57. The molecule has 0 aliphatic heterocycles. The predicted molar refractivity (Wildman–Crippen MR) is 40.1 cm³/mol. The second-order valence-electron chi connectivity index (χ2n) is 1.25. The lowest BCUT2D eigenvalue weighted by atomic mass is 10.8. The van der Waals surface area contributed by atoms with Crippen molar-refractivity contribution in [3.63, 3.8) is 0 Å². The first-order chi connectivity index (χ1) is 4.06. The van der Waals surface area contributed by atoms with Gasteiger partial charge in [-0.25, -0.2) is 13.1 Å². The molecule has 0 saturated heterocycles. The zero-order chi connectivity index (χ0) is 7.33. The van der Waals surface area contributed by atoms with Gasteiger partial charge in [-0.15, -0.1) is 0 Å². The van der Waals surface area contributed by atoms with Gasteiger partial charge in [0, 0.05) is 11.9 Å². The summed E-state index contributed by atoms with van der Waals surface area (Å²) in [5.41, 5.74) is 0. The highest BCUT2D eigenvalue weighted by Gasteiger charge is 1.89. The van der Waals surface area contributed by atoms with Crippen LogP contribution in [0.25, 0.3) is 0 Å². The predicted octanol–water partition coefficient (Wildman–Crippen LogP) is -1.30. The average molecular weight is 169 g/mol. The molecule has 0 aromatic rings. The average Bonchev–Trinajstić information content (AvgIpc) is 1.63. The molecule has 1 atom stereocenters. The van der Waals surface area contributed by atoms with Crippen molar-refractivity contribution >= 4 is 32.5 Å². The second-order valence-corrected chi connectivity index (χ2v) is 3.35. The van der Waals surface area contributed by atoms with Crippen molar-refractivity contribution in [2.75, 3.05) is 6.54 Å². The fourth-order valence-electron chi connectivity index (χ4n) is 0.198. The summed E-state index contributed by atoms with van der Waals surface area (Å²) >= 11 is 0.240. The summed E-state index contributed by atoms with van der Waals surface area (Å²) in [5.74, 6) is 2.88. The number of rotatable bonds is 3. The Balaban J connectivity index is 3.66. The maximum absolute atomic E-state index is 10.3. The van der Waals surface area contributed by atoms with E-state index in [2.05, 4.69) is 10.6 Å². The van der Waals surface area contributed by atoms with Gasteiger partial charge in [-0.2, -0.15) is 0 Å². The monoisotopic (exact) mass is 169 g/mol. The maximum atomic E-state index is 10.3. The smallest absolute Gasteiger partial charge is 0.138 e. The summed E-state index contributed by atoms with van der Waals surface area (Å²) in [6.07, 6.45) is 0. The van der Waals surface area contributed by atoms with Crippen LogP contribution < -0.4 is 4.72 Å². The highest BCUT2D eigenvalue weighted by atomic mass is 32.2. The lowest BCUT2D eigenvalue weighted by Gasteiger charge is -1.96. The van der Waals surface area contributed by atoms with Crippen molar-refractivity contribution in [3.8, 4) is 0 Å². The van der Waals surface area contributed by atoms with Crippen LogP contribution in [0.5, 0.6) is 0 Å². The lowest BCUT2D eigenvalue weighted by molar-refractivity contribution is 0.550. The molecule has 0 aromatic heterocycles. The van der Waals surface area contributed by atoms with Gasteiger partial charge in [0.2, 0.25) is 0 Å². The lowest BCUT2D eigenvalue weighted by Crippen LogP contribution is -2.23. The molecular weight excluding hydrogens is 162 g/mol. The molecule has 4 nitrogen and oxygen atoms in total. The summed E-state index contributed by atoms with van der Waals surface area (Å²) in [6, 6.07) is 0. The molecule has 0 radical (unpaired) electrons. The van der Waals surface area contributed by atoms with Crippen molar-refractivity contribution in [1.82, 2.24) is 4.72 Å². The minimum absolute atomic E-state index is 0.0903. The van der Waals surface area contributed by atoms with Gasteiger partial charge in [-0.3, -0.25) is 0 Å². The van der Waals surface area contributed by atoms with Crippen molar-refractivity contribution in [2.24, 2.45) is 0 Å². The second kappa shape index (κ2) is 3.78. The number of hydrogen-bond acceptors (Lipinski definition) is 2. The molecule has 0 amide bonds. The molecule has 6 heteroatoms. The van der Waals surface area contributed by atoms with E-state index >= 15 is 0 Å². The van der Waals surface area contributed by atoms with Gasteiger partial charge in [-0.05, 0) is 5.87 Å². The molecule has 0 saturated carbocycles. The molecule has 1 unspecified atom stereocenters. The Labute approximate surface area is 57.3 Å². The molecule has 9 heavy (non-hydrogen) atoms. The van der Waals surface area contributed by atoms with E-state index in [1.807, 2.05) is 0 Å². The van der Waals surface area contributed by atoms with Crippen LogP contribution in [0, 0.1) is 0 Å². The van der Waals surface area contributed by atoms with Crippen LogP contribution in [0.4, 0.5) is 0 Å². The molecule has 2 N–H and O–H groups in total. The molecule has 0 rings (SSSR count). The SMILES string of the molecule is C=S(=O)(O)NCC=S=O. The summed E-state index contributed by atoms with van der Waals surface area (Å²) in [4.78, 5) is 0. The fraction of sp³-hybridized carbons (Fsp3) is 0.333.